The second kappa shape index (κ2) is 8.98. The van der Waals surface area contributed by atoms with Gasteiger partial charge in [0.1, 0.15) is 5.76 Å². The predicted octanol–water partition coefficient (Wildman–Crippen LogP) is 5.31. The van der Waals surface area contributed by atoms with Crippen LogP contribution in [0.2, 0.25) is 0 Å². The van der Waals surface area contributed by atoms with Gasteiger partial charge >= 0.3 is 0 Å². The Hall–Kier alpha value is -3.06. The molecule has 0 bridgehead atoms. The molecule has 0 aliphatic carbocycles. The number of hydrogen-bond acceptors (Lipinski definition) is 5. The highest BCUT2D eigenvalue weighted by molar-refractivity contribution is 7.99. The second-order valence-electron chi connectivity index (χ2n) is 7.51. The van der Waals surface area contributed by atoms with Gasteiger partial charge in [0.2, 0.25) is 0 Å². The van der Waals surface area contributed by atoms with Gasteiger partial charge in [0.05, 0.1) is 24.1 Å². The summed E-state index contributed by atoms with van der Waals surface area (Å²) in [5, 5.41) is 9.56. The van der Waals surface area contributed by atoms with Crippen LogP contribution in [0.5, 0.6) is 0 Å². The number of nitrogens with zero attached hydrogens (tertiary/aromatic N) is 4. The molecule has 0 spiro atoms. The fourth-order valence-corrected chi connectivity index (χ4v) is 4.72. The number of carbonyl (C=O) groups is 1. The molecule has 1 aromatic carbocycles. The largest absolute Gasteiger partial charge is 0.469 e. The molecule has 4 rings (SSSR count). The van der Waals surface area contributed by atoms with Gasteiger partial charge in [0, 0.05) is 23.5 Å². The van der Waals surface area contributed by atoms with Crippen molar-refractivity contribution in [3.63, 3.8) is 0 Å². The molecule has 0 aliphatic rings. The molecule has 6 nitrogen and oxygen atoms in total. The lowest BCUT2D eigenvalue weighted by molar-refractivity contribution is 0.102. The van der Waals surface area contributed by atoms with Crippen LogP contribution in [-0.4, -0.2) is 30.9 Å². The van der Waals surface area contributed by atoms with E-state index in [9.17, 15) is 4.79 Å². The third kappa shape index (κ3) is 4.23. The van der Waals surface area contributed by atoms with Crippen molar-refractivity contribution < 1.29 is 9.21 Å². The molecule has 31 heavy (non-hydrogen) atoms. The first-order valence-electron chi connectivity index (χ1n) is 10.3. The summed E-state index contributed by atoms with van der Waals surface area (Å²) >= 11 is 1.42. The van der Waals surface area contributed by atoms with E-state index >= 15 is 0 Å². The minimum atomic E-state index is 0.105. The average Bonchev–Trinajstić information content (AvgIpc) is 3.44. The molecule has 3 heterocycles. The van der Waals surface area contributed by atoms with Crippen LogP contribution in [0.4, 0.5) is 0 Å². The maximum absolute atomic E-state index is 13.0. The van der Waals surface area contributed by atoms with Gasteiger partial charge in [0.15, 0.2) is 16.8 Å². The number of carbonyl (C=O) groups excluding carboxylic acids is 1. The highest BCUT2D eigenvalue weighted by atomic mass is 32.2. The van der Waals surface area contributed by atoms with E-state index in [2.05, 4.69) is 38.4 Å². The maximum atomic E-state index is 13.0. The lowest BCUT2D eigenvalue weighted by Crippen LogP contribution is -2.08. The molecule has 3 aromatic heterocycles. The zero-order valence-corrected chi connectivity index (χ0v) is 19.1. The molecule has 0 N–H and O–H groups in total. The molecule has 0 atom stereocenters. The predicted molar refractivity (Wildman–Crippen MR) is 123 cm³/mol. The van der Waals surface area contributed by atoms with Crippen molar-refractivity contribution in [2.45, 2.75) is 45.9 Å². The average molecular weight is 435 g/mol. The zero-order valence-electron chi connectivity index (χ0n) is 18.3. The van der Waals surface area contributed by atoms with Crippen LogP contribution in [0, 0.1) is 20.8 Å². The second-order valence-corrected chi connectivity index (χ2v) is 8.45. The monoisotopic (exact) mass is 434 g/mol. The number of Topliss-reactive ketones (excluding diaryl/α,β-unsaturated/α-hetero) is 1. The lowest BCUT2D eigenvalue weighted by Gasteiger charge is -2.10. The van der Waals surface area contributed by atoms with Crippen molar-refractivity contribution in [2.24, 2.45) is 0 Å². The molecule has 0 saturated heterocycles. The van der Waals surface area contributed by atoms with Crippen molar-refractivity contribution in [3.05, 3.63) is 77.0 Å². The van der Waals surface area contributed by atoms with E-state index in [4.69, 9.17) is 4.42 Å². The number of aromatic nitrogens is 4. The van der Waals surface area contributed by atoms with Gasteiger partial charge in [0.25, 0.3) is 0 Å². The quantitative estimate of drug-likeness (QED) is 0.278. The van der Waals surface area contributed by atoms with Crippen molar-refractivity contribution in [1.82, 2.24) is 19.3 Å². The third-order valence-corrected chi connectivity index (χ3v) is 6.49. The Kier molecular flexibility index (Phi) is 6.13. The highest BCUT2D eigenvalue weighted by Crippen LogP contribution is 2.29. The zero-order chi connectivity index (χ0) is 22.0. The first kappa shape index (κ1) is 21.2. The number of rotatable bonds is 8. The normalized spacial score (nSPS) is 11.2. The molecule has 7 heteroatoms. The summed E-state index contributed by atoms with van der Waals surface area (Å²) in [6.45, 7) is 9.53. The van der Waals surface area contributed by atoms with Crippen LogP contribution in [0.1, 0.15) is 40.0 Å². The molecule has 0 radical (unpaired) electrons. The number of benzene rings is 1. The SMILES string of the molecule is CCn1c(C)cc(C(=O)CSc2nnc(-c3ccoc3C)n2Cc2ccccc2)c1C. The van der Waals surface area contributed by atoms with E-state index in [1.807, 2.05) is 51.1 Å². The van der Waals surface area contributed by atoms with Crippen molar-refractivity contribution in [3.8, 4) is 11.4 Å². The molecule has 0 unspecified atom stereocenters. The Morgan fingerprint density at radius 1 is 1.06 bits per heavy atom. The Bertz CT molecular complexity index is 1200. The minimum Gasteiger partial charge on any atom is -0.469 e. The van der Waals surface area contributed by atoms with Gasteiger partial charge in [-0.15, -0.1) is 10.2 Å². The van der Waals surface area contributed by atoms with E-state index < -0.39 is 0 Å². The summed E-state index contributed by atoms with van der Waals surface area (Å²) in [6.07, 6.45) is 1.66. The maximum Gasteiger partial charge on any atom is 0.192 e. The fraction of sp³-hybridized carbons (Fsp3) is 0.292. The molecule has 0 amide bonds. The minimum absolute atomic E-state index is 0.105. The number of hydrogen-bond donors (Lipinski definition) is 0. The van der Waals surface area contributed by atoms with Gasteiger partial charge in [-0.25, -0.2) is 0 Å². The third-order valence-electron chi connectivity index (χ3n) is 5.52. The molecular weight excluding hydrogens is 408 g/mol. The Morgan fingerprint density at radius 2 is 1.84 bits per heavy atom. The number of ketones is 1. The van der Waals surface area contributed by atoms with Crippen LogP contribution >= 0.6 is 11.8 Å². The Labute approximate surface area is 186 Å². The van der Waals surface area contributed by atoms with E-state index in [0.717, 1.165) is 51.4 Å². The molecule has 160 valence electrons. The van der Waals surface area contributed by atoms with Crippen LogP contribution in [-0.2, 0) is 13.1 Å². The van der Waals surface area contributed by atoms with Crippen LogP contribution in [0.3, 0.4) is 0 Å². The standard InChI is InChI=1S/C24H26N4O2S/c1-5-27-16(2)13-21(17(27)3)22(29)15-31-24-26-25-23(20-11-12-30-18(20)4)28(24)14-19-9-7-6-8-10-19/h6-13H,5,14-15H2,1-4H3. The van der Waals surface area contributed by atoms with Gasteiger partial charge < -0.3 is 8.98 Å². The Balaban J connectivity index is 1.61. The first-order valence-corrected chi connectivity index (χ1v) is 11.3. The van der Waals surface area contributed by atoms with Gasteiger partial charge in [-0.3, -0.25) is 9.36 Å². The van der Waals surface area contributed by atoms with E-state index in [1.54, 1.807) is 6.26 Å². The van der Waals surface area contributed by atoms with Gasteiger partial charge in [-0.1, -0.05) is 42.1 Å². The molecule has 0 fully saturated rings. The van der Waals surface area contributed by atoms with Crippen LogP contribution < -0.4 is 0 Å². The summed E-state index contributed by atoms with van der Waals surface area (Å²) < 4.78 is 9.70. The fourth-order valence-electron chi connectivity index (χ4n) is 3.90. The van der Waals surface area contributed by atoms with Crippen LogP contribution in [0.15, 0.2) is 58.3 Å². The van der Waals surface area contributed by atoms with Gasteiger partial charge in [-0.05, 0) is 45.4 Å². The summed E-state index contributed by atoms with van der Waals surface area (Å²) in [7, 11) is 0. The number of thioether (sulfide) groups is 1. The topological polar surface area (TPSA) is 65.8 Å². The Morgan fingerprint density at radius 3 is 2.48 bits per heavy atom. The van der Waals surface area contributed by atoms with Crippen molar-refractivity contribution >= 4 is 17.5 Å². The summed E-state index contributed by atoms with van der Waals surface area (Å²) in [4.78, 5) is 13.0. The van der Waals surface area contributed by atoms with Crippen LogP contribution in [0.25, 0.3) is 11.4 Å². The number of furan rings is 1. The van der Waals surface area contributed by atoms with E-state index in [1.165, 1.54) is 11.8 Å². The van der Waals surface area contributed by atoms with E-state index in [-0.39, 0.29) is 5.78 Å². The van der Waals surface area contributed by atoms with Crippen molar-refractivity contribution in [1.29, 1.82) is 0 Å². The van der Waals surface area contributed by atoms with Crippen molar-refractivity contribution in [2.75, 3.05) is 5.75 Å². The van der Waals surface area contributed by atoms with E-state index in [0.29, 0.717) is 12.3 Å². The lowest BCUT2D eigenvalue weighted by atomic mass is 10.2. The molecular formula is C24H26N4O2S. The smallest absolute Gasteiger partial charge is 0.192 e. The summed E-state index contributed by atoms with van der Waals surface area (Å²) in [6, 6.07) is 14.1. The molecule has 4 aromatic rings. The highest BCUT2D eigenvalue weighted by Gasteiger charge is 2.20. The van der Waals surface area contributed by atoms with Gasteiger partial charge in [-0.2, -0.15) is 0 Å². The molecule has 0 saturated carbocycles. The molecule has 0 aliphatic heterocycles. The first-order chi connectivity index (χ1) is 15.0. The number of aryl methyl sites for hydroxylation is 2. The summed E-state index contributed by atoms with van der Waals surface area (Å²) in [5.41, 5.74) is 4.97. The summed E-state index contributed by atoms with van der Waals surface area (Å²) in [5.74, 6) is 1.95.